The van der Waals surface area contributed by atoms with Crippen molar-refractivity contribution >= 4 is 0 Å². The van der Waals surface area contributed by atoms with E-state index in [4.69, 9.17) is 5.26 Å². The first-order valence-electron chi connectivity index (χ1n) is 7.25. The summed E-state index contributed by atoms with van der Waals surface area (Å²) in [5.41, 5.74) is 2.62. The molecule has 3 atom stereocenters. The quantitative estimate of drug-likeness (QED) is 0.927. The fourth-order valence-corrected chi connectivity index (χ4v) is 3.05. The maximum Gasteiger partial charge on any atom is 0.131 e. The first kappa shape index (κ1) is 13.8. The zero-order valence-corrected chi connectivity index (χ0v) is 11.9. The van der Waals surface area contributed by atoms with Crippen molar-refractivity contribution in [3.8, 4) is 17.2 Å². The van der Waals surface area contributed by atoms with Crippen LogP contribution in [0.2, 0.25) is 0 Å². The topological polar surface area (TPSA) is 35.8 Å². The molecule has 21 heavy (non-hydrogen) atoms. The molecule has 106 valence electrons. The molecule has 1 heterocycles. The first-order valence-corrected chi connectivity index (χ1v) is 7.25. The smallest absolute Gasteiger partial charge is 0.131 e. The predicted octanol–water partition coefficient (Wildman–Crippen LogP) is 3.85. The lowest BCUT2D eigenvalue weighted by atomic mass is 9.76. The van der Waals surface area contributed by atoms with Gasteiger partial charge in [0.15, 0.2) is 0 Å². The van der Waals surface area contributed by atoms with Crippen LogP contribution >= 0.6 is 0 Å². The van der Waals surface area contributed by atoms with Crippen molar-refractivity contribution in [2.45, 2.75) is 31.3 Å². The van der Waals surface area contributed by atoms with Gasteiger partial charge in [-0.1, -0.05) is 49.4 Å². The molecule has 3 heteroatoms. The lowest BCUT2D eigenvalue weighted by molar-refractivity contribution is 0.250. The minimum atomic E-state index is -0.211. The number of nitrogens with one attached hydrogen (secondary N) is 1. The van der Waals surface area contributed by atoms with Gasteiger partial charge in [0.25, 0.3) is 0 Å². The summed E-state index contributed by atoms with van der Waals surface area (Å²) in [7, 11) is 0. The second-order valence-electron chi connectivity index (χ2n) is 5.42. The first-order chi connectivity index (χ1) is 10.2. The lowest BCUT2D eigenvalue weighted by Crippen LogP contribution is -2.58. The molecule has 1 aliphatic heterocycles. The van der Waals surface area contributed by atoms with Crippen molar-refractivity contribution in [1.29, 1.82) is 5.26 Å². The van der Waals surface area contributed by atoms with Crippen molar-refractivity contribution in [2.24, 2.45) is 0 Å². The van der Waals surface area contributed by atoms with E-state index in [-0.39, 0.29) is 17.8 Å². The van der Waals surface area contributed by atoms with Gasteiger partial charge in [-0.25, -0.2) is 4.39 Å². The second kappa shape index (κ2) is 5.67. The highest BCUT2D eigenvalue weighted by Crippen LogP contribution is 2.34. The van der Waals surface area contributed by atoms with Gasteiger partial charge >= 0.3 is 0 Å². The number of benzene rings is 2. The van der Waals surface area contributed by atoms with Crippen LogP contribution in [0.15, 0.2) is 48.5 Å². The van der Waals surface area contributed by atoms with Gasteiger partial charge in [-0.15, -0.1) is 0 Å². The molecular weight excluding hydrogens is 263 g/mol. The summed E-state index contributed by atoms with van der Waals surface area (Å²) in [6.07, 6.45) is 0.998. The molecule has 1 aliphatic rings. The Morgan fingerprint density at radius 1 is 1.14 bits per heavy atom. The van der Waals surface area contributed by atoms with E-state index in [1.54, 1.807) is 12.1 Å². The number of hydrogen-bond donors (Lipinski definition) is 1. The summed E-state index contributed by atoms with van der Waals surface area (Å²) in [4.78, 5) is 0. The highest BCUT2D eigenvalue weighted by Gasteiger charge is 2.40. The predicted molar refractivity (Wildman–Crippen MR) is 81.2 cm³/mol. The third-order valence-electron chi connectivity index (χ3n) is 4.25. The van der Waals surface area contributed by atoms with Crippen LogP contribution < -0.4 is 5.32 Å². The molecule has 0 aliphatic carbocycles. The van der Waals surface area contributed by atoms with Crippen molar-refractivity contribution in [3.63, 3.8) is 0 Å². The third-order valence-corrected chi connectivity index (χ3v) is 4.25. The van der Waals surface area contributed by atoms with Crippen LogP contribution in [0.3, 0.4) is 0 Å². The monoisotopic (exact) mass is 280 g/mol. The Morgan fingerprint density at radius 3 is 2.48 bits per heavy atom. The summed E-state index contributed by atoms with van der Waals surface area (Å²) >= 11 is 0. The number of nitrogens with zero attached hydrogens (tertiary/aromatic N) is 1. The van der Waals surface area contributed by atoms with Crippen LogP contribution in [0.4, 0.5) is 4.39 Å². The molecular formula is C18H17FN2. The van der Waals surface area contributed by atoms with Crippen LogP contribution in [0.25, 0.3) is 11.1 Å². The van der Waals surface area contributed by atoms with Gasteiger partial charge in [-0.05, 0) is 23.6 Å². The number of halogens is 1. The summed E-state index contributed by atoms with van der Waals surface area (Å²) < 4.78 is 13.8. The summed E-state index contributed by atoms with van der Waals surface area (Å²) in [6, 6.07) is 17.2. The minimum absolute atomic E-state index is 0.116. The molecule has 2 aromatic carbocycles. The fourth-order valence-electron chi connectivity index (χ4n) is 3.05. The Hall–Kier alpha value is -2.18. The summed E-state index contributed by atoms with van der Waals surface area (Å²) in [5, 5.41) is 12.4. The molecule has 2 aromatic rings. The molecule has 1 fully saturated rings. The Labute approximate surface area is 124 Å². The Bertz CT molecular complexity index is 672. The van der Waals surface area contributed by atoms with E-state index in [9.17, 15) is 4.39 Å². The van der Waals surface area contributed by atoms with Gasteiger partial charge in [0.2, 0.25) is 0 Å². The zero-order chi connectivity index (χ0) is 14.8. The van der Waals surface area contributed by atoms with E-state index in [1.807, 2.05) is 30.3 Å². The Balaban J connectivity index is 1.88. The molecule has 1 saturated heterocycles. The molecule has 1 N–H and O–H groups in total. The molecule has 3 rings (SSSR count). The van der Waals surface area contributed by atoms with Crippen LogP contribution in [0.5, 0.6) is 0 Å². The maximum absolute atomic E-state index is 13.8. The van der Waals surface area contributed by atoms with Gasteiger partial charge in [0, 0.05) is 17.5 Å². The third kappa shape index (κ3) is 2.43. The number of nitriles is 1. The Kier molecular flexibility index (Phi) is 3.72. The van der Waals surface area contributed by atoms with E-state index in [1.165, 1.54) is 6.07 Å². The standard InChI is InChI=1S/C18H17FN2/c1-2-16-18(17(11-20)21-16)13-9-7-12(8-10-13)14-5-3-4-6-15(14)19/h3-10,16-18,21H,2H2,1H3/t16-,17+,18-/m0/s1. The van der Waals surface area contributed by atoms with Gasteiger partial charge in [-0.2, -0.15) is 5.26 Å². The van der Waals surface area contributed by atoms with E-state index in [0.717, 1.165) is 17.5 Å². The fraction of sp³-hybridized carbons (Fsp3) is 0.278. The van der Waals surface area contributed by atoms with Crippen molar-refractivity contribution in [3.05, 3.63) is 59.9 Å². The minimum Gasteiger partial charge on any atom is -0.298 e. The molecule has 2 nitrogen and oxygen atoms in total. The van der Waals surface area contributed by atoms with E-state index >= 15 is 0 Å². The molecule has 0 unspecified atom stereocenters. The molecule has 0 bridgehead atoms. The molecule has 0 radical (unpaired) electrons. The summed E-state index contributed by atoms with van der Waals surface area (Å²) in [6.45, 7) is 2.12. The average molecular weight is 280 g/mol. The number of hydrogen-bond acceptors (Lipinski definition) is 2. The van der Waals surface area contributed by atoms with Gasteiger partial charge in [0.05, 0.1) is 6.07 Å². The zero-order valence-electron chi connectivity index (χ0n) is 11.9. The SMILES string of the molecule is CC[C@@H]1N[C@H](C#N)[C@H]1c1ccc(-c2ccccc2F)cc1. The molecule has 0 saturated carbocycles. The number of rotatable bonds is 3. The van der Waals surface area contributed by atoms with Crippen molar-refractivity contribution in [1.82, 2.24) is 5.32 Å². The molecule has 0 aromatic heterocycles. The van der Waals surface area contributed by atoms with Gasteiger partial charge < -0.3 is 0 Å². The van der Waals surface area contributed by atoms with Crippen molar-refractivity contribution in [2.75, 3.05) is 0 Å². The Morgan fingerprint density at radius 2 is 1.86 bits per heavy atom. The van der Waals surface area contributed by atoms with Crippen LogP contribution in [0, 0.1) is 17.1 Å². The van der Waals surface area contributed by atoms with Crippen LogP contribution in [0.1, 0.15) is 24.8 Å². The lowest BCUT2D eigenvalue weighted by Gasteiger charge is -2.42. The summed E-state index contributed by atoms with van der Waals surface area (Å²) in [5.74, 6) is 0.0200. The van der Waals surface area contributed by atoms with Crippen LogP contribution in [-0.4, -0.2) is 12.1 Å². The highest BCUT2D eigenvalue weighted by atomic mass is 19.1. The van der Waals surface area contributed by atoms with Crippen molar-refractivity contribution < 1.29 is 4.39 Å². The van der Waals surface area contributed by atoms with E-state index in [0.29, 0.717) is 11.6 Å². The maximum atomic E-state index is 13.8. The van der Waals surface area contributed by atoms with E-state index < -0.39 is 0 Å². The second-order valence-corrected chi connectivity index (χ2v) is 5.42. The van der Waals surface area contributed by atoms with Crippen LogP contribution in [-0.2, 0) is 0 Å². The normalized spacial score (nSPS) is 24.1. The average Bonchev–Trinajstić information content (AvgIpc) is 2.49. The highest BCUT2D eigenvalue weighted by molar-refractivity contribution is 5.64. The largest absolute Gasteiger partial charge is 0.298 e. The molecule has 0 spiro atoms. The van der Waals surface area contributed by atoms with Gasteiger partial charge in [-0.3, -0.25) is 5.32 Å². The molecule has 0 amide bonds. The van der Waals surface area contributed by atoms with Gasteiger partial charge in [0.1, 0.15) is 11.9 Å². The van der Waals surface area contributed by atoms with E-state index in [2.05, 4.69) is 18.3 Å².